The molecule has 4 aromatic rings. The van der Waals surface area contributed by atoms with Crippen molar-refractivity contribution in [2.24, 2.45) is 0 Å². The smallest absolute Gasteiger partial charge is 0.411 e. The standard InChI is InChI=1S/C27H26ClN3O7/c1-33-17-5-7-18(8-6-17)36-11-4-12-37-27(32)31-22-10-9-19(13-21(22)28)38-26-20-14-24(34-2)25(35-3)15-23(20)29-16-30-26/h5-10,13-16H,4,11-12H2,1-3H3,(H,31,32). The summed E-state index contributed by atoms with van der Waals surface area (Å²) in [6.45, 7) is 0.568. The van der Waals surface area contributed by atoms with Crippen LogP contribution in [0.15, 0.2) is 60.9 Å². The molecule has 198 valence electrons. The lowest BCUT2D eigenvalue weighted by Gasteiger charge is -2.13. The maximum absolute atomic E-state index is 12.2. The molecule has 0 spiro atoms. The quantitative estimate of drug-likeness (QED) is 0.225. The van der Waals surface area contributed by atoms with E-state index < -0.39 is 6.09 Å². The van der Waals surface area contributed by atoms with Crippen molar-refractivity contribution in [3.8, 4) is 34.6 Å². The fourth-order valence-electron chi connectivity index (χ4n) is 3.44. The average molecular weight is 540 g/mol. The third-order valence-electron chi connectivity index (χ3n) is 5.35. The summed E-state index contributed by atoms with van der Waals surface area (Å²) >= 11 is 6.37. The number of hydrogen-bond acceptors (Lipinski definition) is 9. The van der Waals surface area contributed by atoms with E-state index in [1.165, 1.54) is 6.33 Å². The number of nitrogens with zero attached hydrogens (tertiary/aromatic N) is 2. The van der Waals surface area contributed by atoms with Gasteiger partial charge in [-0.15, -0.1) is 0 Å². The molecule has 0 aliphatic carbocycles. The molecule has 0 atom stereocenters. The largest absolute Gasteiger partial charge is 0.497 e. The minimum Gasteiger partial charge on any atom is -0.497 e. The van der Waals surface area contributed by atoms with Gasteiger partial charge < -0.3 is 28.4 Å². The number of nitrogens with one attached hydrogen (secondary N) is 1. The van der Waals surface area contributed by atoms with Gasteiger partial charge in [-0.3, -0.25) is 5.32 Å². The zero-order valence-electron chi connectivity index (χ0n) is 21.0. The second kappa shape index (κ2) is 12.7. The van der Waals surface area contributed by atoms with Gasteiger partial charge in [0.1, 0.15) is 23.6 Å². The van der Waals surface area contributed by atoms with Crippen LogP contribution in [0.3, 0.4) is 0 Å². The lowest BCUT2D eigenvalue weighted by atomic mass is 10.2. The van der Waals surface area contributed by atoms with Crippen LogP contribution in [0.4, 0.5) is 10.5 Å². The van der Waals surface area contributed by atoms with Crippen LogP contribution >= 0.6 is 11.6 Å². The molecule has 1 heterocycles. The Labute approximate surface area is 224 Å². The molecular formula is C27H26ClN3O7. The van der Waals surface area contributed by atoms with E-state index in [-0.39, 0.29) is 11.6 Å². The van der Waals surface area contributed by atoms with E-state index >= 15 is 0 Å². The fourth-order valence-corrected chi connectivity index (χ4v) is 3.66. The Morgan fingerprint density at radius 1 is 0.842 bits per heavy atom. The summed E-state index contributed by atoms with van der Waals surface area (Å²) in [4.78, 5) is 20.7. The molecule has 38 heavy (non-hydrogen) atoms. The summed E-state index contributed by atoms with van der Waals surface area (Å²) in [5.41, 5.74) is 0.992. The number of aromatic nitrogens is 2. The molecule has 10 nitrogen and oxygen atoms in total. The molecule has 1 N–H and O–H groups in total. The highest BCUT2D eigenvalue weighted by Crippen LogP contribution is 2.36. The van der Waals surface area contributed by atoms with E-state index in [4.69, 9.17) is 40.0 Å². The van der Waals surface area contributed by atoms with Crippen LogP contribution in [0.25, 0.3) is 10.9 Å². The van der Waals surface area contributed by atoms with Crippen LogP contribution in [0.1, 0.15) is 6.42 Å². The van der Waals surface area contributed by atoms with Crippen LogP contribution in [0.2, 0.25) is 5.02 Å². The van der Waals surface area contributed by atoms with Crippen molar-refractivity contribution < 1.29 is 33.2 Å². The Bertz CT molecular complexity index is 1400. The molecule has 0 radical (unpaired) electrons. The molecule has 0 aliphatic heterocycles. The lowest BCUT2D eigenvalue weighted by molar-refractivity contribution is 0.152. The Morgan fingerprint density at radius 3 is 2.26 bits per heavy atom. The van der Waals surface area contributed by atoms with Gasteiger partial charge in [0.15, 0.2) is 11.5 Å². The molecule has 1 aromatic heterocycles. The monoisotopic (exact) mass is 539 g/mol. The predicted molar refractivity (Wildman–Crippen MR) is 142 cm³/mol. The summed E-state index contributed by atoms with van der Waals surface area (Å²) in [6, 6.07) is 15.5. The minimum absolute atomic E-state index is 0.176. The van der Waals surface area contributed by atoms with Crippen molar-refractivity contribution in [2.45, 2.75) is 6.42 Å². The summed E-state index contributed by atoms with van der Waals surface area (Å²) in [5.74, 6) is 3.24. The zero-order valence-corrected chi connectivity index (χ0v) is 21.8. The van der Waals surface area contributed by atoms with Gasteiger partial charge in [-0.2, -0.15) is 0 Å². The van der Waals surface area contributed by atoms with Gasteiger partial charge >= 0.3 is 6.09 Å². The van der Waals surface area contributed by atoms with E-state index in [2.05, 4.69) is 15.3 Å². The minimum atomic E-state index is -0.632. The van der Waals surface area contributed by atoms with Gasteiger partial charge in [0.25, 0.3) is 0 Å². The van der Waals surface area contributed by atoms with Crippen LogP contribution in [0.5, 0.6) is 34.6 Å². The number of rotatable bonds is 11. The normalized spacial score (nSPS) is 10.5. The Balaban J connectivity index is 1.30. The van der Waals surface area contributed by atoms with E-state index in [0.29, 0.717) is 58.5 Å². The number of hydrogen-bond donors (Lipinski definition) is 1. The molecule has 0 saturated heterocycles. The summed E-state index contributed by atoms with van der Waals surface area (Å²) < 4.78 is 32.6. The van der Waals surface area contributed by atoms with E-state index in [1.807, 2.05) is 24.3 Å². The first-order chi connectivity index (χ1) is 18.5. The van der Waals surface area contributed by atoms with Gasteiger partial charge in [-0.25, -0.2) is 14.8 Å². The Kier molecular flexibility index (Phi) is 8.89. The summed E-state index contributed by atoms with van der Waals surface area (Å²) in [7, 11) is 4.69. The number of amides is 1. The third kappa shape index (κ3) is 6.65. The van der Waals surface area contributed by atoms with Crippen molar-refractivity contribution in [3.63, 3.8) is 0 Å². The van der Waals surface area contributed by atoms with Gasteiger partial charge in [0.05, 0.1) is 56.2 Å². The molecular weight excluding hydrogens is 514 g/mol. The van der Waals surface area contributed by atoms with Gasteiger partial charge in [0.2, 0.25) is 5.88 Å². The van der Waals surface area contributed by atoms with E-state index in [9.17, 15) is 4.79 Å². The van der Waals surface area contributed by atoms with Crippen molar-refractivity contribution in [1.29, 1.82) is 0 Å². The molecule has 1 amide bonds. The van der Waals surface area contributed by atoms with Crippen LogP contribution in [0, 0.1) is 0 Å². The highest BCUT2D eigenvalue weighted by Gasteiger charge is 2.14. The van der Waals surface area contributed by atoms with Crippen LogP contribution in [-0.4, -0.2) is 50.6 Å². The van der Waals surface area contributed by atoms with Gasteiger partial charge in [-0.1, -0.05) is 11.6 Å². The number of methoxy groups -OCH3 is 3. The highest BCUT2D eigenvalue weighted by atomic mass is 35.5. The summed E-state index contributed by atoms with van der Waals surface area (Å²) in [6.07, 6.45) is 1.27. The fraction of sp³-hybridized carbons (Fsp3) is 0.222. The first kappa shape index (κ1) is 26.6. The highest BCUT2D eigenvalue weighted by molar-refractivity contribution is 6.33. The molecule has 0 unspecified atom stereocenters. The molecule has 0 saturated carbocycles. The zero-order chi connectivity index (χ0) is 26.9. The maximum atomic E-state index is 12.2. The number of halogens is 1. The van der Waals surface area contributed by atoms with Gasteiger partial charge in [-0.05, 0) is 42.5 Å². The van der Waals surface area contributed by atoms with E-state index in [1.54, 1.807) is 51.7 Å². The molecule has 4 rings (SSSR count). The number of carbonyl (C=O) groups excluding carboxylic acids is 1. The number of benzene rings is 3. The SMILES string of the molecule is COc1ccc(OCCCOC(=O)Nc2ccc(Oc3ncnc4cc(OC)c(OC)cc34)cc2Cl)cc1. The van der Waals surface area contributed by atoms with Crippen molar-refractivity contribution in [3.05, 3.63) is 65.9 Å². The lowest BCUT2D eigenvalue weighted by Crippen LogP contribution is -2.15. The number of anilines is 1. The predicted octanol–water partition coefficient (Wildman–Crippen LogP) is 6.12. The molecule has 0 aliphatic rings. The second-order valence-corrected chi connectivity index (χ2v) is 8.19. The number of carbonyl (C=O) groups is 1. The molecule has 11 heteroatoms. The van der Waals surface area contributed by atoms with Crippen molar-refractivity contribution in [1.82, 2.24) is 9.97 Å². The Morgan fingerprint density at radius 2 is 1.55 bits per heavy atom. The number of fused-ring (bicyclic) bond motifs is 1. The van der Waals surface area contributed by atoms with Gasteiger partial charge in [0, 0.05) is 18.6 Å². The van der Waals surface area contributed by atoms with Crippen LogP contribution < -0.4 is 29.0 Å². The summed E-state index contributed by atoms with van der Waals surface area (Å²) in [5, 5.41) is 3.51. The maximum Gasteiger partial charge on any atom is 0.411 e. The Hall–Kier alpha value is -4.44. The average Bonchev–Trinajstić information content (AvgIpc) is 2.94. The molecule has 3 aromatic carbocycles. The van der Waals surface area contributed by atoms with Crippen molar-refractivity contribution >= 4 is 34.3 Å². The van der Waals surface area contributed by atoms with Crippen LogP contribution in [-0.2, 0) is 4.74 Å². The first-order valence-electron chi connectivity index (χ1n) is 11.6. The third-order valence-corrected chi connectivity index (χ3v) is 5.66. The topological polar surface area (TPSA) is 110 Å². The van der Waals surface area contributed by atoms with Crippen molar-refractivity contribution in [2.75, 3.05) is 39.9 Å². The number of ether oxygens (including phenoxy) is 6. The first-order valence-corrected chi connectivity index (χ1v) is 11.9. The van der Waals surface area contributed by atoms with E-state index in [0.717, 1.165) is 5.75 Å². The molecule has 0 bridgehead atoms. The second-order valence-electron chi connectivity index (χ2n) is 7.79. The molecule has 0 fully saturated rings.